The summed E-state index contributed by atoms with van der Waals surface area (Å²) in [6, 6.07) is 2.32. The number of aliphatic carboxylic acids is 1. The Kier molecular flexibility index (Phi) is 3.02. The largest absolute Gasteiger partial charge is 0.480 e. The summed E-state index contributed by atoms with van der Waals surface area (Å²) in [6.07, 6.45) is 2.71. The minimum atomic E-state index is -1.29. The molecule has 1 aliphatic carbocycles. The summed E-state index contributed by atoms with van der Waals surface area (Å²) in [6.45, 7) is 1.47. The quantitative estimate of drug-likeness (QED) is 0.789. The molecule has 2 N–H and O–H groups in total. The molecule has 1 fully saturated rings. The second-order valence-corrected chi connectivity index (χ2v) is 4.60. The van der Waals surface area contributed by atoms with Crippen molar-refractivity contribution in [2.75, 3.05) is 0 Å². The van der Waals surface area contributed by atoms with Crippen LogP contribution in [0, 0.1) is 11.9 Å². The summed E-state index contributed by atoms with van der Waals surface area (Å²) >= 11 is 0. The molecule has 0 spiro atoms. The molecule has 18 heavy (non-hydrogen) atoms. The van der Waals surface area contributed by atoms with Crippen LogP contribution in [-0.4, -0.2) is 27.5 Å². The molecule has 0 aliphatic heterocycles. The van der Waals surface area contributed by atoms with E-state index < -0.39 is 23.4 Å². The minimum Gasteiger partial charge on any atom is -0.480 e. The standard InChI is InChI=1S/C12H13FN2O3/c1-12(11(17)18,8-2-3-8)15-10(16)7-4-5-14-9(13)6-7/h4-6,8H,2-3H2,1H3,(H,15,16)(H,17,18). The van der Waals surface area contributed by atoms with Crippen molar-refractivity contribution >= 4 is 11.9 Å². The zero-order chi connectivity index (χ0) is 13.3. The molecule has 0 radical (unpaired) electrons. The maximum atomic E-state index is 12.9. The van der Waals surface area contributed by atoms with E-state index in [1.807, 2.05) is 0 Å². The average Bonchev–Trinajstić information content (AvgIpc) is 3.12. The Morgan fingerprint density at radius 3 is 2.72 bits per heavy atom. The van der Waals surface area contributed by atoms with Crippen LogP contribution in [0.4, 0.5) is 4.39 Å². The van der Waals surface area contributed by atoms with Crippen LogP contribution in [0.3, 0.4) is 0 Å². The fraction of sp³-hybridized carbons (Fsp3) is 0.417. The fourth-order valence-electron chi connectivity index (χ4n) is 1.84. The van der Waals surface area contributed by atoms with Crippen LogP contribution in [0.2, 0.25) is 0 Å². The molecule has 1 saturated carbocycles. The second kappa shape index (κ2) is 4.36. The van der Waals surface area contributed by atoms with Gasteiger partial charge in [0.2, 0.25) is 5.95 Å². The van der Waals surface area contributed by atoms with E-state index in [0.29, 0.717) is 0 Å². The van der Waals surface area contributed by atoms with Gasteiger partial charge in [-0.1, -0.05) is 0 Å². The maximum absolute atomic E-state index is 12.9. The van der Waals surface area contributed by atoms with E-state index >= 15 is 0 Å². The van der Waals surface area contributed by atoms with Crippen molar-refractivity contribution in [3.63, 3.8) is 0 Å². The first-order valence-electron chi connectivity index (χ1n) is 5.61. The average molecular weight is 252 g/mol. The third-order valence-electron chi connectivity index (χ3n) is 3.20. The Morgan fingerprint density at radius 1 is 1.56 bits per heavy atom. The number of carboxylic acids is 1. The summed E-state index contributed by atoms with van der Waals surface area (Å²) in [5, 5.41) is 11.7. The third-order valence-corrected chi connectivity index (χ3v) is 3.20. The van der Waals surface area contributed by atoms with Gasteiger partial charge in [0, 0.05) is 17.8 Å². The van der Waals surface area contributed by atoms with Crippen molar-refractivity contribution in [2.45, 2.75) is 25.3 Å². The Balaban J connectivity index is 2.17. The van der Waals surface area contributed by atoms with E-state index in [1.54, 1.807) is 0 Å². The molecule has 0 aromatic carbocycles. The number of carbonyl (C=O) groups excluding carboxylic acids is 1. The third kappa shape index (κ3) is 2.32. The van der Waals surface area contributed by atoms with Gasteiger partial charge in [-0.05, 0) is 31.7 Å². The van der Waals surface area contributed by atoms with E-state index in [-0.39, 0.29) is 11.5 Å². The molecule has 1 aromatic rings. The predicted molar refractivity (Wildman–Crippen MR) is 60.4 cm³/mol. The number of aromatic nitrogens is 1. The molecular weight excluding hydrogens is 239 g/mol. The summed E-state index contributed by atoms with van der Waals surface area (Å²) in [5.41, 5.74) is -1.23. The normalized spacial score (nSPS) is 17.9. The predicted octanol–water partition coefficient (Wildman–Crippen LogP) is 1.20. The number of hydrogen-bond acceptors (Lipinski definition) is 3. The molecule has 1 atom stereocenters. The highest BCUT2D eigenvalue weighted by Gasteiger charge is 2.48. The molecule has 0 saturated heterocycles. The first-order valence-corrected chi connectivity index (χ1v) is 5.61. The van der Waals surface area contributed by atoms with Crippen molar-refractivity contribution in [1.29, 1.82) is 0 Å². The number of amides is 1. The summed E-state index contributed by atoms with van der Waals surface area (Å²) in [4.78, 5) is 26.5. The Hall–Kier alpha value is -1.98. The molecule has 6 heteroatoms. The lowest BCUT2D eigenvalue weighted by atomic mass is 9.95. The number of carboxylic acid groups (broad SMARTS) is 1. The van der Waals surface area contributed by atoms with Crippen molar-refractivity contribution in [2.24, 2.45) is 5.92 Å². The smallest absolute Gasteiger partial charge is 0.329 e. The fourth-order valence-corrected chi connectivity index (χ4v) is 1.84. The van der Waals surface area contributed by atoms with E-state index in [2.05, 4.69) is 10.3 Å². The Bertz CT molecular complexity index is 502. The van der Waals surface area contributed by atoms with Crippen LogP contribution in [0.15, 0.2) is 18.3 Å². The summed E-state index contributed by atoms with van der Waals surface area (Å²) in [7, 11) is 0. The van der Waals surface area contributed by atoms with E-state index in [9.17, 15) is 19.1 Å². The van der Waals surface area contributed by atoms with Gasteiger partial charge in [0.05, 0.1) is 0 Å². The lowest BCUT2D eigenvalue weighted by Crippen LogP contribution is -2.54. The molecule has 1 aromatic heterocycles. The van der Waals surface area contributed by atoms with Crippen LogP contribution in [0.1, 0.15) is 30.1 Å². The van der Waals surface area contributed by atoms with Gasteiger partial charge in [-0.25, -0.2) is 9.78 Å². The van der Waals surface area contributed by atoms with Crippen molar-refractivity contribution in [3.05, 3.63) is 29.8 Å². The number of rotatable bonds is 4. The van der Waals surface area contributed by atoms with Crippen LogP contribution in [0.25, 0.3) is 0 Å². The van der Waals surface area contributed by atoms with Crippen molar-refractivity contribution in [3.8, 4) is 0 Å². The topological polar surface area (TPSA) is 79.3 Å². The zero-order valence-electron chi connectivity index (χ0n) is 9.81. The number of nitrogens with one attached hydrogen (secondary N) is 1. The van der Waals surface area contributed by atoms with E-state index in [4.69, 9.17) is 0 Å². The minimum absolute atomic E-state index is 0.0642. The van der Waals surface area contributed by atoms with Gasteiger partial charge in [-0.3, -0.25) is 4.79 Å². The SMILES string of the molecule is CC(NC(=O)c1ccnc(F)c1)(C(=O)O)C1CC1. The van der Waals surface area contributed by atoms with Gasteiger partial charge in [0.15, 0.2) is 0 Å². The molecule has 0 bridgehead atoms. The molecular formula is C12H13FN2O3. The van der Waals surface area contributed by atoms with Gasteiger partial charge in [0.1, 0.15) is 5.54 Å². The van der Waals surface area contributed by atoms with Crippen LogP contribution < -0.4 is 5.32 Å². The number of hydrogen-bond donors (Lipinski definition) is 2. The molecule has 1 heterocycles. The molecule has 5 nitrogen and oxygen atoms in total. The number of pyridine rings is 1. The van der Waals surface area contributed by atoms with Crippen LogP contribution >= 0.6 is 0 Å². The highest BCUT2D eigenvalue weighted by atomic mass is 19.1. The van der Waals surface area contributed by atoms with E-state index in [1.165, 1.54) is 19.2 Å². The molecule has 1 aliphatic rings. The number of carbonyl (C=O) groups is 2. The first-order chi connectivity index (χ1) is 8.43. The van der Waals surface area contributed by atoms with Gasteiger partial charge in [0.25, 0.3) is 5.91 Å². The number of halogens is 1. The zero-order valence-corrected chi connectivity index (χ0v) is 9.81. The second-order valence-electron chi connectivity index (χ2n) is 4.60. The van der Waals surface area contributed by atoms with Crippen LogP contribution in [0.5, 0.6) is 0 Å². The molecule has 96 valence electrons. The summed E-state index contributed by atoms with van der Waals surface area (Å²) in [5.74, 6) is -2.52. The van der Waals surface area contributed by atoms with Crippen molar-refractivity contribution < 1.29 is 19.1 Å². The van der Waals surface area contributed by atoms with Crippen molar-refractivity contribution in [1.82, 2.24) is 10.3 Å². The lowest BCUT2D eigenvalue weighted by Gasteiger charge is -2.26. The lowest BCUT2D eigenvalue weighted by molar-refractivity contribution is -0.144. The molecule has 2 rings (SSSR count). The van der Waals surface area contributed by atoms with Gasteiger partial charge in [-0.15, -0.1) is 0 Å². The molecule has 1 unspecified atom stereocenters. The Labute approximate surface area is 103 Å². The maximum Gasteiger partial charge on any atom is 0.329 e. The van der Waals surface area contributed by atoms with Gasteiger partial charge >= 0.3 is 5.97 Å². The number of nitrogens with zero attached hydrogens (tertiary/aromatic N) is 1. The highest BCUT2D eigenvalue weighted by molar-refractivity contribution is 5.97. The summed E-state index contributed by atoms with van der Waals surface area (Å²) < 4.78 is 12.9. The molecule has 1 amide bonds. The highest BCUT2D eigenvalue weighted by Crippen LogP contribution is 2.39. The Morgan fingerprint density at radius 2 is 2.22 bits per heavy atom. The van der Waals surface area contributed by atoms with Crippen LogP contribution in [-0.2, 0) is 4.79 Å². The van der Waals surface area contributed by atoms with Gasteiger partial charge < -0.3 is 10.4 Å². The van der Waals surface area contributed by atoms with Gasteiger partial charge in [-0.2, -0.15) is 4.39 Å². The monoisotopic (exact) mass is 252 g/mol. The van der Waals surface area contributed by atoms with E-state index in [0.717, 1.165) is 18.9 Å². The first kappa shape index (κ1) is 12.5.